The van der Waals surface area contributed by atoms with Gasteiger partial charge < -0.3 is 10.2 Å². The number of nitrogens with one attached hydrogen (secondary N) is 1. The Kier molecular flexibility index (Phi) is 6.49. The molecule has 1 N–H and O–H groups in total. The number of carbonyl (C=O) groups is 2. The van der Waals surface area contributed by atoms with Crippen molar-refractivity contribution in [1.82, 2.24) is 4.90 Å². The lowest BCUT2D eigenvalue weighted by Gasteiger charge is -2.20. The van der Waals surface area contributed by atoms with Crippen LogP contribution in [0.3, 0.4) is 0 Å². The van der Waals surface area contributed by atoms with Crippen LogP contribution in [-0.4, -0.2) is 29.8 Å². The fourth-order valence-electron chi connectivity index (χ4n) is 2.37. The van der Waals surface area contributed by atoms with Crippen molar-refractivity contribution in [2.24, 2.45) is 0 Å². The Morgan fingerprint density at radius 2 is 1.71 bits per heavy atom. The second kappa shape index (κ2) is 8.82. The van der Waals surface area contributed by atoms with Gasteiger partial charge in [-0.05, 0) is 42.7 Å². The first-order chi connectivity index (χ1) is 11.5. The van der Waals surface area contributed by atoms with Crippen LogP contribution in [0.2, 0.25) is 0 Å². The molecule has 0 radical (unpaired) electrons. The van der Waals surface area contributed by atoms with Crippen LogP contribution in [-0.2, 0) is 16.0 Å². The minimum absolute atomic E-state index is 0.0124. The number of carbonyl (C=O) groups excluding carboxylic acids is 2. The predicted octanol–water partition coefficient (Wildman–Crippen LogP) is 3.25. The van der Waals surface area contributed by atoms with Crippen LogP contribution in [0.5, 0.6) is 0 Å². The van der Waals surface area contributed by atoms with Crippen molar-refractivity contribution < 1.29 is 14.0 Å². The monoisotopic (exact) mass is 328 g/mol. The number of hydrogen-bond donors (Lipinski definition) is 1. The highest BCUT2D eigenvalue weighted by Crippen LogP contribution is 2.09. The zero-order chi connectivity index (χ0) is 17.4. The van der Waals surface area contributed by atoms with Gasteiger partial charge >= 0.3 is 0 Å². The van der Waals surface area contributed by atoms with Gasteiger partial charge in [0.05, 0.1) is 6.54 Å². The van der Waals surface area contributed by atoms with Gasteiger partial charge in [0.25, 0.3) is 0 Å². The van der Waals surface area contributed by atoms with Crippen LogP contribution < -0.4 is 5.32 Å². The molecule has 4 nitrogen and oxygen atoms in total. The summed E-state index contributed by atoms with van der Waals surface area (Å²) in [6.45, 7) is 1.95. The number of aryl methyl sites for hydroxylation is 1. The van der Waals surface area contributed by atoms with E-state index in [1.54, 1.807) is 0 Å². The minimum Gasteiger partial charge on any atom is -0.334 e. The minimum atomic E-state index is -0.362. The second-order valence-electron chi connectivity index (χ2n) is 5.58. The van der Waals surface area contributed by atoms with Crippen LogP contribution in [0.1, 0.15) is 18.9 Å². The van der Waals surface area contributed by atoms with Crippen molar-refractivity contribution in [3.8, 4) is 0 Å². The molecule has 0 saturated heterocycles. The standard InChI is InChI=1S/C19H21FN2O2/c1-15(23)22(13-5-8-16-6-3-2-4-7-16)14-19(24)21-18-11-9-17(20)10-12-18/h2-4,6-7,9-12H,5,8,13-14H2,1H3,(H,21,24). The fraction of sp³-hybridized carbons (Fsp3) is 0.263. The summed E-state index contributed by atoms with van der Waals surface area (Å²) in [4.78, 5) is 25.3. The molecule has 0 saturated carbocycles. The Balaban J connectivity index is 1.82. The van der Waals surface area contributed by atoms with Gasteiger partial charge in [-0.15, -0.1) is 0 Å². The number of anilines is 1. The Hall–Kier alpha value is -2.69. The predicted molar refractivity (Wildman–Crippen MR) is 92.0 cm³/mol. The van der Waals surface area contributed by atoms with E-state index < -0.39 is 0 Å². The lowest BCUT2D eigenvalue weighted by Crippen LogP contribution is -2.37. The van der Waals surface area contributed by atoms with E-state index in [0.29, 0.717) is 12.2 Å². The highest BCUT2D eigenvalue weighted by molar-refractivity contribution is 5.94. The van der Waals surface area contributed by atoms with E-state index in [4.69, 9.17) is 0 Å². The summed E-state index contributed by atoms with van der Waals surface area (Å²) in [5, 5.41) is 2.66. The third kappa shape index (κ3) is 5.83. The van der Waals surface area contributed by atoms with Crippen molar-refractivity contribution in [3.05, 3.63) is 66.0 Å². The number of amides is 2. The van der Waals surface area contributed by atoms with Crippen molar-refractivity contribution in [2.45, 2.75) is 19.8 Å². The van der Waals surface area contributed by atoms with Crippen molar-refractivity contribution in [1.29, 1.82) is 0 Å². The zero-order valence-corrected chi connectivity index (χ0v) is 13.7. The largest absolute Gasteiger partial charge is 0.334 e. The Morgan fingerprint density at radius 1 is 1.04 bits per heavy atom. The Bertz CT molecular complexity index is 672. The van der Waals surface area contributed by atoms with Gasteiger partial charge in [-0.1, -0.05) is 30.3 Å². The molecule has 0 aliphatic heterocycles. The molecule has 0 aliphatic rings. The summed E-state index contributed by atoms with van der Waals surface area (Å²) in [6.07, 6.45) is 1.64. The summed E-state index contributed by atoms with van der Waals surface area (Å²) < 4.78 is 12.9. The van der Waals surface area contributed by atoms with E-state index in [-0.39, 0.29) is 24.2 Å². The van der Waals surface area contributed by atoms with Crippen molar-refractivity contribution >= 4 is 17.5 Å². The summed E-state index contributed by atoms with van der Waals surface area (Å²) in [5.74, 6) is -0.798. The van der Waals surface area contributed by atoms with E-state index in [2.05, 4.69) is 5.32 Å². The number of benzene rings is 2. The number of rotatable bonds is 7. The van der Waals surface area contributed by atoms with Gasteiger partial charge in [-0.2, -0.15) is 0 Å². The maximum atomic E-state index is 12.9. The highest BCUT2D eigenvalue weighted by Gasteiger charge is 2.13. The lowest BCUT2D eigenvalue weighted by molar-refractivity contribution is -0.132. The van der Waals surface area contributed by atoms with E-state index in [1.165, 1.54) is 41.7 Å². The Morgan fingerprint density at radius 3 is 2.33 bits per heavy atom. The van der Waals surface area contributed by atoms with E-state index >= 15 is 0 Å². The molecule has 0 atom stereocenters. The van der Waals surface area contributed by atoms with Crippen LogP contribution in [0, 0.1) is 5.82 Å². The van der Waals surface area contributed by atoms with Crippen LogP contribution in [0.15, 0.2) is 54.6 Å². The topological polar surface area (TPSA) is 49.4 Å². The maximum absolute atomic E-state index is 12.9. The van der Waals surface area contributed by atoms with Gasteiger partial charge in [-0.25, -0.2) is 4.39 Å². The molecule has 2 aromatic rings. The molecule has 0 fully saturated rings. The summed E-state index contributed by atoms with van der Waals surface area (Å²) >= 11 is 0. The molecule has 126 valence electrons. The average molecular weight is 328 g/mol. The van der Waals surface area contributed by atoms with Crippen molar-refractivity contribution in [2.75, 3.05) is 18.4 Å². The van der Waals surface area contributed by atoms with Crippen LogP contribution in [0.25, 0.3) is 0 Å². The first-order valence-corrected chi connectivity index (χ1v) is 7.89. The van der Waals surface area contributed by atoms with Gasteiger partial charge in [0.15, 0.2) is 0 Å². The summed E-state index contributed by atoms with van der Waals surface area (Å²) in [5.41, 5.74) is 1.71. The third-order valence-corrected chi connectivity index (χ3v) is 3.64. The van der Waals surface area contributed by atoms with Gasteiger partial charge in [0, 0.05) is 19.2 Å². The molecular weight excluding hydrogens is 307 g/mol. The molecule has 0 spiro atoms. The molecule has 0 aromatic heterocycles. The zero-order valence-electron chi connectivity index (χ0n) is 13.7. The van der Waals surface area contributed by atoms with Gasteiger partial charge in [-0.3, -0.25) is 9.59 Å². The second-order valence-corrected chi connectivity index (χ2v) is 5.58. The summed E-state index contributed by atoms with van der Waals surface area (Å²) in [7, 11) is 0. The molecule has 2 rings (SSSR count). The number of nitrogens with zero attached hydrogens (tertiary/aromatic N) is 1. The van der Waals surface area contributed by atoms with E-state index in [0.717, 1.165) is 12.8 Å². The van der Waals surface area contributed by atoms with Crippen molar-refractivity contribution in [3.63, 3.8) is 0 Å². The molecular formula is C19H21FN2O2. The van der Waals surface area contributed by atoms with Crippen LogP contribution in [0.4, 0.5) is 10.1 Å². The number of hydrogen-bond acceptors (Lipinski definition) is 2. The first kappa shape index (κ1) is 17.7. The fourth-order valence-corrected chi connectivity index (χ4v) is 2.37. The van der Waals surface area contributed by atoms with E-state index in [9.17, 15) is 14.0 Å². The normalized spacial score (nSPS) is 10.2. The SMILES string of the molecule is CC(=O)N(CCCc1ccccc1)CC(=O)Nc1ccc(F)cc1. The molecule has 0 unspecified atom stereocenters. The van der Waals surface area contributed by atoms with Gasteiger partial charge in [0.2, 0.25) is 11.8 Å². The molecule has 0 bridgehead atoms. The summed E-state index contributed by atoms with van der Waals surface area (Å²) in [6, 6.07) is 15.5. The number of halogens is 1. The lowest BCUT2D eigenvalue weighted by atomic mass is 10.1. The quantitative estimate of drug-likeness (QED) is 0.848. The van der Waals surface area contributed by atoms with E-state index in [1.807, 2.05) is 30.3 Å². The van der Waals surface area contributed by atoms with Crippen LogP contribution >= 0.6 is 0 Å². The molecule has 2 amide bonds. The molecule has 2 aromatic carbocycles. The highest BCUT2D eigenvalue weighted by atomic mass is 19.1. The molecule has 0 aliphatic carbocycles. The van der Waals surface area contributed by atoms with Gasteiger partial charge in [0.1, 0.15) is 5.82 Å². The molecule has 5 heteroatoms. The first-order valence-electron chi connectivity index (χ1n) is 7.89. The average Bonchev–Trinajstić information content (AvgIpc) is 2.57. The third-order valence-electron chi connectivity index (χ3n) is 3.64. The smallest absolute Gasteiger partial charge is 0.243 e. The maximum Gasteiger partial charge on any atom is 0.243 e. The molecule has 0 heterocycles. The Labute approximate surface area is 141 Å². The molecule has 24 heavy (non-hydrogen) atoms.